The van der Waals surface area contributed by atoms with E-state index in [1.807, 2.05) is 12.1 Å². The normalized spacial score (nSPS) is 21.9. The summed E-state index contributed by atoms with van der Waals surface area (Å²) < 4.78 is 5.27. The summed E-state index contributed by atoms with van der Waals surface area (Å²) in [5, 5.41) is 3.22. The van der Waals surface area contributed by atoms with Gasteiger partial charge < -0.3 is 24.3 Å². The molecule has 11 nitrogen and oxygen atoms in total. The Kier molecular flexibility index (Phi) is 7.12. The molecule has 0 saturated carbocycles. The second-order valence-corrected chi connectivity index (χ2v) is 9.85. The number of guanidine groups is 1. The molecule has 0 radical (unpaired) electrons. The third kappa shape index (κ3) is 4.90. The van der Waals surface area contributed by atoms with E-state index in [1.54, 1.807) is 44.4 Å². The minimum absolute atomic E-state index is 0.294. The van der Waals surface area contributed by atoms with Crippen LogP contribution in [-0.2, 0) is 4.79 Å². The highest BCUT2D eigenvalue weighted by Crippen LogP contribution is 2.28. The Morgan fingerprint density at radius 3 is 2.44 bits per heavy atom. The van der Waals surface area contributed by atoms with E-state index in [2.05, 4.69) is 42.1 Å². The number of thioether (sulfide) groups is 1. The van der Waals surface area contributed by atoms with Crippen molar-refractivity contribution in [2.24, 2.45) is 4.99 Å². The molecule has 190 valence electrons. The molecule has 0 aliphatic carbocycles. The lowest BCUT2D eigenvalue weighted by Gasteiger charge is -2.41. The first-order chi connectivity index (χ1) is 17.5. The Labute approximate surface area is 214 Å². The number of nitrogens with one attached hydrogen (secondary N) is 1. The average Bonchev–Trinajstić information content (AvgIpc) is 3.31. The maximum Gasteiger partial charge on any atom is 0.325 e. The van der Waals surface area contributed by atoms with E-state index in [0.29, 0.717) is 6.54 Å². The lowest BCUT2D eigenvalue weighted by molar-refractivity contribution is -0.127. The number of amides is 3. The molecule has 1 N–H and O–H groups in total. The Morgan fingerprint density at radius 2 is 1.75 bits per heavy atom. The van der Waals surface area contributed by atoms with Crippen molar-refractivity contribution >= 4 is 35.3 Å². The second kappa shape index (κ2) is 10.6. The number of benzene rings is 1. The molecule has 0 bridgehead atoms. The number of carbonyl (C=O) groups excluding carboxylic acids is 2. The summed E-state index contributed by atoms with van der Waals surface area (Å²) >= 11 is 1.59. The number of fused-ring (bicyclic) bond motifs is 1. The van der Waals surface area contributed by atoms with Gasteiger partial charge in [-0.1, -0.05) is 11.8 Å². The van der Waals surface area contributed by atoms with Gasteiger partial charge in [0.25, 0.3) is 5.91 Å². The first kappa shape index (κ1) is 24.2. The molecular formula is C24H30N8O3S. The molecule has 5 rings (SSSR count). The van der Waals surface area contributed by atoms with E-state index in [4.69, 9.17) is 9.73 Å². The van der Waals surface area contributed by atoms with Gasteiger partial charge in [0.05, 0.1) is 7.11 Å². The molecule has 1 aromatic heterocycles. The number of piperazine rings is 1. The number of hydrogen-bond donors (Lipinski definition) is 1. The van der Waals surface area contributed by atoms with Gasteiger partial charge in [0.15, 0.2) is 23.3 Å². The number of anilines is 1. The standard InChI is InChI=1S/C24H30N8O3S/c1-29-20-19(21(33)28-24(29)34)32(11-4-16-36-22-25-9-3-10-26-22)23(27-20)31-14-12-30(13-15-31)17-5-7-18(35-2)8-6-17/h3,5-10,19-20H,4,11-16H2,1-2H3,(H,28,33,34). The molecule has 36 heavy (non-hydrogen) atoms. The van der Waals surface area contributed by atoms with Crippen LogP contribution < -0.4 is 15.0 Å². The number of urea groups is 1. The van der Waals surface area contributed by atoms with Crippen LogP contribution in [0.15, 0.2) is 52.9 Å². The molecule has 3 aliphatic rings. The minimum Gasteiger partial charge on any atom is -0.497 e. The first-order valence-electron chi connectivity index (χ1n) is 12.0. The van der Waals surface area contributed by atoms with Gasteiger partial charge in [0.1, 0.15) is 5.75 Å². The fourth-order valence-corrected chi connectivity index (χ4v) is 5.46. The fourth-order valence-electron chi connectivity index (χ4n) is 4.73. The van der Waals surface area contributed by atoms with Gasteiger partial charge in [-0.2, -0.15) is 0 Å². The molecule has 2 aromatic rings. The van der Waals surface area contributed by atoms with Gasteiger partial charge in [-0.15, -0.1) is 0 Å². The molecule has 12 heteroatoms. The van der Waals surface area contributed by atoms with Crippen LogP contribution in [0.4, 0.5) is 10.5 Å². The Morgan fingerprint density at radius 1 is 1.06 bits per heavy atom. The summed E-state index contributed by atoms with van der Waals surface area (Å²) in [6.07, 6.45) is 3.76. The highest BCUT2D eigenvalue weighted by atomic mass is 32.2. The van der Waals surface area contributed by atoms with Gasteiger partial charge in [0, 0.05) is 63.6 Å². The maximum absolute atomic E-state index is 12.9. The number of carbonyl (C=O) groups is 2. The summed E-state index contributed by atoms with van der Waals surface area (Å²) in [6, 6.07) is 8.94. The predicted octanol–water partition coefficient (Wildman–Crippen LogP) is 1.34. The fraction of sp³-hybridized carbons (Fsp3) is 0.458. The van der Waals surface area contributed by atoms with Crippen LogP contribution in [0.3, 0.4) is 0 Å². The van der Waals surface area contributed by atoms with E-state index in [0.717, 1.165) is 60.9 Å². The number of ether oxygens (including phenoxy) is 1. The van der Waals surface area contributed by atoms with Crippen molar-refractivity contribution in [1.82, 2.24) is 30.0 Å². The summed E-state index contributed by atoms with van der Waals surface area (Å²) in [5.41, 5.74) is 1.15. The largest absolute Gasteiger partial charge is 0.497 e. The lowest BCUT2D eigenvalue weighted by atomic mass is 10.1. The van der Waals surface area contributed by atoms with Crippen molar-refractivity contribution in [3.05, 3.63) is 42.7 Å². The molecule has 4 heterocycles. The molecule has 2 saturated heterocycles. The molecular weight excluding hydrogens is 480 g/mol. The highest BCUT2D eigenvalue weighted by molar-refractivity contribution is 7.99. The Hall–Kier alpha value is -3.54. The van der Waals surface area contributed by atoms with Crippen LogP contribution in [0.2, 0.25) is 0 Å². The SMILES string of the molecule is COc1ccc(N2CCN(C3=NC4C(C(=O)NC(=O)N4C)N3CCCSc3ncccn3)CC2)cc1. The lowest BCUT2D eigenvalue weighted by Crippen LogP contribution is -2.64. The van der Waals surface area contributed by atoms with Gasteiger partial charge in [-0.25, -0.2) is 19.8 Å². The van der Waals surface area contributed by atoms with E-state index in [1.165, 1.54) is 4.90 Å². The maximum atomic E-state index is 12.9. The van der Waals surface area contributed by atoms with Gasteiger partial charge >= 0.3 is 6.03 Å². The van der Waals surface area contributed by atoms with Crippen molar-refractivity contribution < 1.29 is 14.3 Å². The van der Waals surface area contributed by atoms with Crippen molar-refractivity contribution in [2.75, 3.05) is 57.5 Å². The highest BCUT2D eigenvalue weighted by Gasteiger charge is 2.49. The number of rotatable bonds is 7. The Bertz CT molecular complexity index is 1110. The minimum atomic E-state index is -0.528. The van der Waals surface area contributed by atoms with Gasteiger partial charge in [0.2, 0.25) is 0 Å². The number of methoxy groups -OCH3 is 1. The molecule has 0 spiro atoms. The van der Waals surface area contributed by atoms with Crippen LogP contribution in [-0.4, -0.2) is 107 Å². The number of imide groups is 1. The smallest absolute Gasteiger partial charge is 0.325 e. The van der Waals surface area contributed by atoms with Crippen LogP contribution >= 0.6 is 11.8 Å². The zero-order valence-corrected chi connectivity index (χ0v) is 21.2. The van der Waals surface area contributed by atoms with E-state index < -0.39 is 18.2 Å². The second-order valence-electron chi connectivity index (χ2n) is 8.79. The van der Waals surface area contributed by atoms with Gasteiger partial charge in [-0.05, 0) is 36.8 Å². The quantitative estimate of drug-likeness (QED) is 0.335. The topological polar surface area (TPSA) is 106 Å². The monoisotopic (exact) mass is 510 g/mol. The van der Waals surface area contributed by atoms with Crippen molar-refractivity contribution in [3.8, 4) is 5.75 Å². The van der Waals surface area contributed by atoms with Crippen molar-refractivity contribution in [2.45, 2.75) is 23.8 Å². The molecule has 2 fully saturated rings. The predicted molar refractivity (Wildman–Crippen MR) is 137 cm³/mol. The third-order valence-electron chi connectivity index (χ3n) is 6.66. The molecule has 3 aliphatic heterocycles. The van der Waals surface area contributed by atoms with Crippen molar-refractivity contribution in [3.63, 3.8) is 0 Å². The summed E-state index contributed by atoms with van der Waals surface area (Å²) in [7, 11) is 3.35. The van der Waals surface area contributed by atoms with Crippen LogP contribution in [0.25, 0.3) is 0 Å². The number of aliphatic imine (C=N–C) groups is 1. The average molecular weight is 511 g/mol. The third-order valence-corrected chi connectivity index (χ3v) is 7.62. The summed E-state index contributed by atoms with van der Waals surface area (Å²) in [4.78, 5) is 46.7. The Balaban J connectivity index is 1.26. The number of likely N-dealkylation sites (N-methyl/N-ethyl adjacent to an activating group) is 1. The molecule has 1 aromatic carbocycles. The number of nitrogens with zero attached hydrogens (tertiary/aromatic N) is 7. The number of aromatic nitrogens is 2. The number of hydrogen-bond acceptors (Lipinski definition) is 10. The zero-order valence-electron chi connectivity index (χ0n) is 20.4. The molecule has 2 unspecified atom stereocenters. The van der Waals surface area contributed by atoms with Crippen LogP contribution in [0, 0.1) is 0 Å². The van der Waals surface area contributed by atoms with Crippen LogP contribution in [0.1, 0.15) is 6.42 Å². The van der Waals surface area contributed by atoms with E-state index in [9.17, 15) is 9.59 Å². The zero-order chi connectivity index (χ0) is 25.1. The van der Waals surface area contributed by atoms with E-state index >= 15 is 0 Å². The van der Waals surface area contributed by atoms with Crippen LogP contribution in [0.5, 0.6) is 5.75 Å². The summed E-state index contributed by atoms with van der Waals surface area (Å²) in [5.74, 6) is 2.15. The van der Waals surface area contributed by atoms with E-state index in [-0.39, 0.29) is 5.91 Å². The van der Waals surface area contributed by atoms with Crippen molar-refractivity contribution in [1.29, 1.82) is 0 Å². The van der Waals surface area contributed by atoms with Gasteiger partial charge in [-0.3, -0.25) is 10.1 Å². The molecule has 2 atom stereocenters. The first-order valence-corrected chi connectivity index (χ1v) is 13.0. The summed E-state index contributed by atoms with van der Waals surface area (Å²) in [6.45, 7) is 3.85. The molecule has 3 amide bonds.